The zero-order chi connectivity index (χ0) is 35.8. The molecule has 16 atom stereocenters. The van der Waals surface area contributed by atoms with E-state index in [9.17, 15) is 35.4 Å². The van der Waals surface area contributed by atoms with Gasteiger partial charge in [-0.25, -0.2) is 0 Å². The van der Waals surface area contributed by atoms with Crippen molar-refractivity contribution >= 4 is 5.97 Å². The highest BCUT2D eigenvalue weighted by atomic mass is 16.7. The van der Waals surface area contributed by atoms with Crippen LogP contribution in [0, 0.1) is 45.3 Å². The van der Waals surface area contributed by atoms with Crippen molar-refractivity contribution in [3.05, 3.63) is 12.2 Å². The molecule has 276 valence electrons. The molecule has 4 aliphatic carbocycles. The van der Waals surface area contributed by atoms with E-state index in [4.69, 9.17) is 14.2 Å². The van der Waals surface area contributed by atoms with Crippen molar-refractivity contribution in [2.24, 2.45) is 45.3 Å². The summed E-state index contributed by atoms with van der Waals surface area (Å²) in [7, 11) is 0. The Balaban J connectivity index is 1.42. The number of allylic oxidation sites excluding steroid dienone is 1. The summed E-state index contributed by atoms with van der Waals surface area (Å²) in [6.07, 6.45) is -2.25. The summed E-state index contributed by atoms with van der Waals surface area (Å²) >= 11 is 0. The highest BCUT2D eigenvalue weighted by molar-refractivity contribution is 5.66. The maximum Gasteiger partial charge on any atom is 0.303 e. The van der Waals surface area contributed by atoms with E-state index < -0.39 is 78.0 Å². The molecule has 1 heterocycles. The van der Waals surface area contributed by atoms with E-state index >= 15 is 0 Å². The third-order valence-corrected chi connectivity index (χ3v) is 15.0. The van der Waals surface area contributed by atoms with E-state index in [0.717, 1.165) is 63.4 Å². The predicted octanol–water partition coefficient (Wildman–Crippen LogP) is 3.87. The summed E-state index contributed by atoms with van der Waals surface area (Å²) in [6, 6.07) is 0. The van der Waals surface area contributed by atoms with Gasteiger partial charge < -0.3 is 44.8 Å². The number of carbonyl (C=O) groups is 1. The van der Waals surface area contributed by atoms with Crippen LogP contribution < -0.4 is 0 Å². The van der Waals surface area contributed by atoms with Crippen molar-refractivity contribution in [3.8, 4) is 0 Å². The molecule has 5 rings (SSSR count). The Kier molecular flexibility index (Phi) is 10.4. The number of ether oxygens (including phenoxy) is 3. The van der Waals surface area contributed by atoms with Crippen LogP contribution in [0.25, 0.3) is 0 Å². The lowest BCUT2D eigenvalue weighted by Crippen LogP contribution is -2.73. The molecular weight excluding hydrogens is 616 g/mol. The number of carbonyl (C=O) groups excluding carboxylic acids is 1. The molecule has 10 heteroatoms. The van der Waals surface area contributed by atoms with Crippen molar-refractivity contribution in [3.63, 3.8) is 0 Å². The average molecular weight is 681 g/mol. The van der Waals surface area contributed by atoms with Gasteiger partial charge in [0.25, 0.3) is 0 Å². The minimum absolute atomic E-state index is 0.0292. The summed E-state index contributed by atoms with van der Waals surface area (Å²) < 4.78 is 17.6. The van der Waals surface area contributed by atoms with Gasteiger partial charge in [0.2, 0.25) is 0 Å². The highest BCUT2D eigenvalue weighted by Gasteiger charge is 2.73. The van der Waals surface area contributed by atoms with E-state index in [2.05, 4.69) is 27.4 Å². The van der Waals surface area contributed by atoms with Crippen LogP contribution >= 0.6 is 0 Å². The normalized spacial score (nSPS) is 49.6. The lowest BCUT2D eigenvalue weighted by atomic mass is 9.34. The summed E-state index contributed by atoms with van der Waals surface area (Å²) in [6.45, 7) is 19.7. The highest BCUT2D eigenvalue weighted by Crippen LogP contribution is 2.76. The fourth-order valence-corrected chi connectivity index (χ4v) is 12.4. The van der Waals surface area contributed by atoms with Crippen LogP contribution in [-0.2, 0) is 19.0 Å². The Labute approximate surface area is 287 Å². The van der Waals surface area contributed by atoms with Crippen molar-refractivity contribution in [2.75, 3.05) is 6.61 Å². The topological polar surface area (TPSA) is 166 Å². The van der Waals surface area contributed by atoms with E-state index in [1.165, 1.54) is 6.92 Å². The summed E-state index contributed by atoms with van der Waals surface area (Å²) in [5, 5.41) is 67.2. The van der Waals surface area contributed by atoms with Crippen LogP contribution in [0.15, 0.2) is 12.2 Å². The first-order valence-electron chi connectivity index (χ1n) is 18.4. The minimum atomic E-state index is -1.59. The second kappa shape index (κ2) is 13.1. The first kappa shape index (κ1) is 38.1. The largest absolute Gasteiger partial charge is 0.454 e. The number of esters is 1. The molecule has 6 N–H and O–H groups in total. The van der Waals surface area contributed by atoms with Gasteiger partial charge in [-0.15, -0.1) is 6.58 Å². The monoisotopic (exact) mass is 680 g/mol. The number of hydrogen-bond donors (Lipinski definition) is 6. The van der Waals surface area contributed by atoms with Gasteiger partial charge in [0.1, 0.15) is 24.4 Å². The Morgan fingerprint density at radius 3 is 2.17 bits per heavy atom. The fraction of sp³-hybridized carbons (Fsp3) is 0.921. The van der Waals surface area contributed by atoms with Gasteiger partial charge in [-0.05, 0) is 112 Å². The molecule has 0 unspecified atom stereocenters. The van der Waals surface area contributed by atoms with E-state index in [0.29, 0.717) is 5.92 Å². The van der Waals surface area contributed by atoms with Crippen LogP contribution in [0.4, 0.5) is 0 Å². The zero-order valence-corrected chi connectivity index (χ0v) is 30.5. The predicted molar refractivity (Wildman–Crippen MR) is 179 cm³/mol. The Hall–Kier alpha value is -1.11. The van der Waals surface area contributed by atoms with E-state index in [1.54, 1.807) is 0 Å². The number of fused-ring (bicyclic) bond motifs is 5. The Morgan fingerprint density at radius 1 is 0.917 bits per heavy atom. The lowest BCUT2D eigenvalue weighted by Gasteiger charge is -2.71. The van der Waals surface area contributed by atoms with Crippen LogP contribution in [0.5, 0.6) is 0 Å². The van der Waals surface area contributed by atoms with E-state index in [1.807, 2.05) is 27.7 Å². The quantitative estimate of drug-likeness (QED) is 0.120. The molecule has 0 spiro atoms. The standard InChI is InChI=1S/C38H64O10/c1-20(2)11-10-16-37(8,45)23-14-17-35(6)22(23)12-13-26-36(35,7)18-15-25-34(4,5)32(29(43)31(44)38(25,26)9)48-33-30(46-21(3)40)28(42)27(41)24(19-39)47-33/h22-33,39,41-45H,1,10-19H2,2-9H3/t22-,23+,24-,25+,26+,27-,28+,29-,30-,31-,32+,33+,35-,36-,37-,38+/m1/s1. The average Bonchev–Trinajstić information content (AvgIpc) is 3.36. The summed E-state index contributed by atoms with van der Waals surface area (Å²) in [5.41, 5.74) is -1.08. The van der Waals surface area contributed by atoms with Crippen LogP contribution in [0.2, 0.25) is 0 Å². The van der Waals surface area contributed by atoms with Gasteiger partial charge in [-0.2, -0.15) is 0 Å². The number of aliphatic hydroxyl groups excluding tert-OH is 5. The van der Waals surface area contributed by atoms with Gasteiger partial charge >= 0.3 is 5.97 Å². The Morgan fingerprint density at radius 2 is 1.56 bits per heavy atom. The van der Waals surface area contributed by atoms with Gasteiger partial charge in [-0.1, -0.05) is 40.2 Å². The fourth-order valence-electron chi connectivity index (χ4n) is 12.4. The maximum atomic E-state index is 12.2. The van der Waals surface area contributed by atoms with Crippen molar-refractivity contribution in [2.45, 2.75) is 168 Å². The molecule has 0 aromatic rings. The molecule has 1 aliphatic heterocycles. The molecule has 0 aromatic carbocycles. The molecule has 4 saturated carbocycles. The first-order valence-corrected chi connectivity index (χ1v) is 18.4. The molecule has 5 aliphatic rings. The molecule has 48 heavy (non-hydrogen) atoms. The number of rotatable bonds is 9. The second-order valence-electron chi connectivity index (χ2n) is 17.9. The van der Waals surface area contributed by atoms with Crippen molar-refractivity contribution in [1.29, 1.82) is 0 Å². The van der Waals surface area contributed by atoms with Gasteiger partial charge in [0, 0.05) is 12.3 Å². The molecule has 5 fully saturated rings. The van der Waals surface area contributed by atoms with Crippen LogP contribution in [-0.4, -0.2) is 97.8 Å². The van der Waals surface area contributed by atoms with Crippen LogP contribution in [0.1, 0.15) is 113 Å². The molecule has 0 radical (unpaired) electrons. The molecule has 1 saturated heterocycles. The first-order chi connectivity index (χ1) is 22.2. The lowest BCUT2D eigenvalue weighted by molar-refractivity contribution is -0.355. The summed E-state index contributed by atoms with van der Waals surface area (Å²) in [5.74, 6) is -0.0488. The SMILES string of the molecule is C=C(C)CCC[C@@](C)(O)[C@H]1CC[C@]2(C)[C@@H]1CC[C@@H]1[C@@]3(C)[C@H](O)[C@@H](O)[C@H](O[C@@H]4O[C@H](CO)[C@@H](O)[C@H](O)[C@H]4OC(C)=O)C(C)(C)[C@@H]3CC[C@]12C. The molecule has 0 aromatic heterocycles. The minimum Gasteiger partial charge on any atom is -0.454 e. The van der Waals surface area contributed by atoms with Crippen molar-refractivity contribution < 1.29 is 49.6 Å². The van der Waals surface area contributed by atoms with Crippen LogP contribution in [0.3, 0.4) is 0 Å². The molecule has 0 bridgehead atoms. The summed E-state index contributed by atoms with van der Waals surface area (Å²) in [4.78, 5) is 12.0. The zero-order valence-electron chi connectivity index (χ0n) is 30.5. The molecule has 10 nitrogen and oxygen atoms in total. The number of hydrogen-bond acceptors (Lipinski definition) is 10. The third kappa shape index (κ3) is 5.82. The molecular formula is C38H64O10. The van der Waals surface area contributed by atoms with Crippen molar-refractivity contribution in [1.82, 2.24) is 0 Å². The second-order valence-corrected chi connectivity index (χ2v) is 17.9. The van der Waals surface area contributed by atoms with E-state index in [-0.39, 0.29) is 28.6 Å². The maximum absolute atomic E-state index is 12.2. The number of aliphatic hydroxyl groups is 6. The Bertz CT molecular complexity index is 1200. The van der Waals surface area contributed by atoms with Gasteiger partial charge in [-0.3, -0.25) is 4.79 Å². The smallest absolute Gasteiger partial charge is 0.303 e. The van der Waals surface area contributed by atoms with Gasteiger partial charge in [0.05, 0.1) is 24.4 Å². The third-order valence-electron chi connectivity index (χ3n) is 15.0. The van der Waals surface area contributed by atoms with Gasteiger partial charge in [0.15, 0.2) is 12.4 Å². The molecule has 0 amide bonds.